The summed E-state index contributed by atoms with van der Waals surface area (Å²) < 4.78 is 0. The van der Waals surface area contributed by atoms with Crippen LogP contribution in [-0.2, 0) is 4.79 Å². The van der Waals surface area contributed by atoms with Gasteiger partial charge in [0, 0.05) is 47.7 Å². The van der Waals surface area contributed by atoms with Gasteiger partial charge >= 0.3 is 0 Å². The molecule has 0 aliphatic carbocycles. The van der Waals surface area contributed by atoms with E-state index in [-0.39, 0.29) is 5.91 Å². The Morgan fingerprint density at radius 1 is 1.14 bits per heavy atom. The maximum Gasteiger partial charge on any atom is 0.234 e. The average Bonchev–Trinajstić information content (AvgIpc) is 2.73. The summed E-state index contributed by atoms with van der Waals surface area (Å²) in [6.45, 7) is 3.86. The maximum atomic E-state index is 12.7. The first-order valence-electron chi connectivity index (χ1n) is 9.59. The van der Waals surface area contributed by atoms with Crippen molar-refractivity contribution in [2.45, 2.75) is 4.90 Å². The molecular formula is C22H23ClN4OS. The van der Waals surface area contributed by atoms with Crippen LogP contribution in [0.4, 0.5) is 11.4 Å². The van der Waals surface area contributed by atoms with Gasteiger partial charge in [0.25, 0.3) is 0 Å². The largest absolute Gasteiger partial charge is 0.367 e. The van der Waals surface area contributed by atoms with Crippen LogP contribution in [0.2, 0.25) is 5.02 Å². The summed E-state index contributed by atoms with van der Waals surface area (Å²) in [5, 5.41) is 4.75. The molecule has 4 rings (SSSR count). The lowest BCUT2D eigenvalue weighted by Gasteiger charge is -2.35. The third-order valence-electron chi connectivity index (χ3n) is 5.03. The highest BCUT2D eigenvalue weighted by molar-refractivity contribution is 8.00. The van der Waals surface area contributed by atoms with Crippen molar-refractivity contribution < 1.29 is 4.79 Å². The number of pyridine rings is 1. The van der Waals surface area contributed by atoms with Gasteiger partial charge < -0.3 is 15.1 Å². The first-order chi connectivity index (χ1) is 14.1. The van der Waals surface area contributed by atoms with Gasteiger partial charge in [0.2, 0.25) is 5.91 Å². The van der Waals surface area contributed by atoms with Crippen molar-refractivity contribution in [1.82, 2.24) is 9.88 Å². The Labute approximate surface area is 180 Å². The molecule has 0 spiro atoms. The number of halogens is 1. The van der Waals surface area contributed by atoms with Crippen molar-refractivity contribution >= 4 is 51.5 Å². The van der Waals surface area contributed by atoms with E-state index in [0.29, 0.717) is 10.8 Å². The Hall–Kier alpha value is -2.28. The second-order valence-corrected chi connectivity index (χ2v) is 8.57. The number of nitrogens with zero attached hydrogens (tertiary/aromatic N) is 3. The van der Waals surface area contributed by atoms with E-state index in [1.54, 1.807) is 6.20 Å². The lowest BCUT2D eigenvalue weighted by Crippen LogP contribution is -2.44. The van der Waals surface area contributed by atoms with Crippen molar-refractivity contribution in [2.24, 2.45) is 0 Å². The molecule has 1 aliphatic heterocycles. The number of likely N-dealkylation sites (N-methyl/N-ethyl adjacent to an activating group) is 1. The van der Waals surface area contributed by atoms with E-state index >= 15 is 0 Å². The summed E-state index contributed by atoms with van der Waals surface area (Å²) in [6.07, 6.45) is 1.78. The second-order valence-electron chi connectivity index (χ2n) is 7.12. The van der Waals surface area contributed by atoms with Crippen LogP contribution >= 0.6 is 23.4 Å². The van der Waals surface area contributed by atoms with Gasteiger partial charge in [-0.15, -0.1) is 11.8 Å². The molecule has 0 unspecified atom stereocenters. The SMILES string of the molecule is CN1CCN(c2ccc(Cl)cc2NC(=O)CSc2cccc3cccnc23)CC1. The van der Waals surface area contributed by atoms with E-state index in [2.05, 4.69) is 27.1 Å². The molecule has 7 heteroatoms. The van der Waals surface area contributed by atoms with Crippen LogP contribution in [0.15, 0.2) is 59.6 Å². The van der Waals surface area contributed by atoms with Crippen LogP contribution < -0.4 is 10.2 Å². The lowest BCUT2D eigenvalue weighted by atomic mass is 10.2. The minimum absolute atomic E-state index is 0.0550. The maximum absolute atomic E-state index is 12.7. The summed E-state index contributed by atoms with van der Waals surface area (Å²) >= 11 is 7.70. The molecule has 0 atom stereocenters. The minimum Gasteiger partial charge on any atom is -0.367 e. The highest BCUT2D eigenvalue weighted by Gasteiger charge is 2.18. The number of thioether (sulfide) groups is 1. The zero-order chi connectivity index (χ0) is 20.2. The molecule has 1 N–H and O–H groups in total. The topological polar surface area (TPSA) is 48.5 Å². The summed E-state index contributed by atoms with van der Waals surface area (Å²) in [5.74, 6) is 0.255. The van der Waals surface area contributed by atoms with Gasteiger partial charge in [-0.25, -0.2) is 0 Å². The minimum atomic E-state index is -0.0550. The smallest absolute Gasteiger partial charge is 0.234 e. The number of anilines is 2. The molecule has 3 aromatic rings. The fourth-order valence-electron chi connectivity index (χ4n) is 3.45. The summed E-state index contributed by atoms with van der Waals surface area (Å²) in [6, 6.07) is 15.7. The number of para-hydroxylation sites is 1. The van der Waals surface area contributed by atoms with E-state index in [4.69, 9.17) is 11.6 Å². The number of aromatic nitrogens is 1. The summed E-state index contributed by atoms with van der Waals surface area (Å²) in [7, 11) is 2.13. The van der Waals surface area contributed by atoms with Gasteiger partial charge in [-0.2, -0.15) is 0 Å². The Morgan fingerprint density at radius 3 is 2.76 bits per heavy atom. The lowest BCUT2D eigenvalue weighted by molar-refractivity contribution is -0.113. The molecule has 150 valence electrons. The monoisotopic (exact) mass is 426 g/mol. The zero-order valence-corrected chi connectivity index (χ0v) is 17.8. The summed E-state index contributed by atoms with van der Waals surface area (Å²) in [5.41, 5.74) is 2.71. The van der Waals surface area contributed by atoms with E-state index in [1.165, 1.54) is 11.8 Å². The van der Waals surface area contributed by atoms with Crippen LogP contribution in [0.5, 0.6) is 0 Å². The van der Waals surface area contributed by atoms with Gasteiger partial charge in [-0.05, 0) is 37.4 Å². The number of benzene rings is 2. The molecule has 5 nitrogen and oxygen atoms in total. The normalized spacial score (nSPS) is 14.9. The van der Waals surface area contributed by atoms with Crippen molar-refractivity contribution in [3.05, 3.63) is 59.8 Å². The molecule has 1 amide bonds. The molecule has 1 saturated heterocycles. The molecule has 1 fully saturated rings. The molecule has 0 bridgehead atoms. The molecule has 1 aliphatic rings. The number of fused-ring (bicyclic) bond motifs is 1. The van der Waals surface area contributed by atoms with Crippen LogP contribution in [0.1, 0.15) is 0 Å². The molecule has 2 heterocycles. The van der Waals surface area contributed by atoms with Crippen LogP contribution in [0.25, 0.3) is 10.9 Å². The van der Waals surface area contributed by atoms with Gasteiger partial charge in [0.05, 0.1) is 22.6 Å². The van der Waals surface area contributed by atoms with Gasteiger partial charge in [0.15, 0.2) is 0 Å². The summed E-state index contributed by atoms with van der Waals surface area (Å²) in [4.78, 5) is 22.8. The standard InChI is InChI=1S/C22H23ClN4OS/c1-26-10-12-27(13-11-26)19-8-7-17(23)14-18(19)25-21(28)15-29-20-6-2-4-16-5-3-9-24-22(16)20/h2-9,14H,10-13,15H2,1H3,(H,25,28). The number of hydrogen-bond donors (Lipinski definition) is 1. The number of nitrogens with one attached hydrogen (secondary N) is 1. The number of piperazine rings is 1. The van der Waals surface area contributed by atoms with Crippen LogP contribution in [0.3, 0.4) is 0 Å². The van der Waals surface area contributed by atoms with Crippen LogP contribution in [0, 0.1) is 0 Å². The predicted molar refractivity (Wildman–Crippen MR) is 122 cm³/mol. The van der Waals surface area contributed by atoms with E-state index < -0.39 is 0 Å². The van der Waals surface area contributed by atoms with Crippen molar-refractivity contribution in [2.75, 3.05) is 49.2 Å². The molecule has 29 heavy (non-hydrogen) atoms. The Morgan fingerprint density at radius 2 is 1.93 bits per heavy atom. The van der Waals surface area contributed by atoms with Gasteiger partial charge in [-0.3, -0.25) is 9.78 Å². The second kappa shape index (κ2) is 9.03. The molecule has 0 saturated carbocycles. The average molecular weight is 427 g/mol. The van der Waals surface area contributed by atoms with Gasteiger partial charge in [-0.1, -0.05) is 29.8 Å². The van der Waals surface area contributed by atoms with Gasteiger partial charge in [0.1, 0.15) is 0 Å². The Balaban J connectivity index is 1.46. The predicted octanol–water partition coefficient (Wildman–Crippen LogP) is 4.37. The molecule has 2 aromatic carbocycles. The van der Waals surface area contributed by atoms with E-state index in [9.17, 15) is 4.79 Å². The van der Waals surface area contributed by atoms with Crippen molar-refractivity contribution in [3.8, 4) is 0 Å². The highest BCUT2D eigenvalue weighted by atomic mass is 35.5. The zero-order valence-electron chi connectivity index (χ0n) is 16.3. The number of carbonyl (C=O) groups excluding carboxylic acids is 1. The van der Waals surface area contributed by atoms with E-state index in [0.717, 1.165) is 53.4 Å². The van der Waals surface area contributed by atoms with E-state index in [1.807, 2.05) is 48.5 Å². The van der Waals surface area contributed by atoms with Crippen molar-refractivity contribution in [1.29, 1.82) is 0 Å². The third-order valence-corrected chi connectivity index (χ3v) is 6.31. The third kappa shape index (κ3) is 4.83. The molecule has 0 radical (unpaired) electrons. The molecular weight excluding hydrogens is 404 g/mol. The fraction of sp³-hybridized carbons (Fsp3) is 0.273. The van der Waals surface area contributed by atoms with Crippen molar-refractivity contribution in [3.63, 3.8) is 0 Å². The quantitative estimate of drug-likeness (QED) is 0.614. The first kappa shape index (κ1) is 20.0. The number of carbonyl (C=O) groups is 1. The number of amides is 1. The Bertz CT molecular complexity index is 1020. The molecule has 1 aromatic heterocycles. The fourth-order valence-corrected chi connectivity index (χ4v) is 4.47. The Kier molecular flexibility index (Phi) is 6.23. The highest BCUT2D eigenvalue weighted by Crippen LogP contribution is 2.31. The van der Waals surface area contributed by atoms with Crippen LogP contribution in [-0.4, -0.2) is 54.8 Å². The number of rotatable bonds is 5. The first-order valence-corrected chi connectivity index (χ1v) is 11.0. The number of hydrogen-bond acceptors (Lipinski definition) is 5.